The summed E-state index contributed by atoms with van der Waals surface area (Å²) in [4.78, 5) is 23.3. The van der Waals surface area contributed by atoms with E-state index < -0.39 is 0 Å². The van der Waals surface area contributed by atoms with Gasteiger partial charge in [0.15, 0.2) is 0 Å². The third-order valence-electron chi connectivity index (χ3n) is 4.49. The van der Waals surface area contributed by atoms with E-state index in [-0.39, 0.29) is 11.8 Å². The van der Waals surface area contributed by atoms with Crippen molar-refractivity contribution < 1.29 is 4.79 Å². The minimum absolute atomic E-state index is 0.0348. The number of benzene rings is 1. The number of aromatic nitrogens is 2. The molecule has 1 aliphatic rings. The van der Waals surface area contributed by atoms with Gasteiger partial charge in [0.05, 0.1) is 5.92 Å². The average molecular weight is 310 g/mol. The highest BCUT2D eigenvalue weighted by Crippen LogP contribution is 2.23. The van der Waals surface area contributed by atoms with Crippen LogP contribution < -0.4 is 10.2 Å². The summed E-state index contributed by atoms with van der Waals surface area (Å²) in [6, 6.07) is 7.79. The zero-order valence-electron chi connectivity index (χ0n) is 13.6. The Morgan fingerprint density at radius 1 is 1.22 bits per heavy atom. The summed E-state index contributed by atoms with van der Waals surface area (Å²) in [6.07, 6.45) is 5.35. The molecule has 1 saturated heterocycles. The van der Waals surface area contributed by atoms with Crippen LogP contribution in [0.3, 0.4) is 0 Å². The number of hydrogen-bond acceptors (Lipinski definition) is 4. The van der Waals surface area contributed by atoms with Crippen LogP contribution in [-0.2, 0) is 4.79 Å². The van der Waals surface area contributed by atoms with Gasteiger partial charge in [-0.15, -0.1) is 0 Å². The first-order chi connectivity index (χ1) is 11.1. The second kappa shape index (κ2) is 6.77. The summed E-state index contributed by atoms with van der Waals surface area (Å²) in [5.74, 6) is 0.753. The van der Waals surface area contributed by atoms with Crippen LogP contribution in [0.5, 0.6) is 0 Å². The number of nitrogens with zero attached hydrogens (tertiary/aromatic N) is 3. The Kier molecular flexibility index (Phi) is 4.55. The van der Waals surface area contributed by atoms with Gasteiger partial charge in [-0.05, 0) is 49.9 Å². The number of carbonyl (C=O) groups excluding carboxylic acids is 1. The fraction of sp³-hybridized carbons (Fsp3) is 0.389. The molecular weight excluding hydrogens is 288 g/mol. The van der Waals surface area contributed by atoms with E-state index in [1.54, 1.807) is 18.5 Å². The molecule has 0 saturated carbocycles. The number of rotatable bonds is 3. The van der Waals surface area contributed by atoms with Crippen LogP contribution in [-0.4, -0.2) is 29.0 Å². The van der Waals surface area contributed by atoms with E-state index in [4.69, 9.17) is 0 Å². The van der Waals surface area contributed by atoms with Gasteiger partial charge >= 0.3 is 0 Å². The minimum atomic E-state index is -0.0348. The van der Waals surface area contributed by atoms with Gasteiger partial charge in [0.25, 0.3) is 0 Å². The predicted octanol–water partition coefficient (Wildman–Crippen LogP) is 2.95. The van der Waals surface area contributed by atoms with E-state index in [0.717, 1.165) is 30.6 Å². The number of aryl methyl sites for hydroxylation is 1. The Hall–Kier alpha value is -2.43. The highest BCUT2D eigenvalue weighted by molar-refractivity contribution is 5.93. The van der Waals surface area contributed by atoms with E-state index in [9.17, 15) is 4.79 Å². The lowest BCUT2D eigenvalue weighted by atomic mass is 9.97. The van der Waals surface area contributed by atoms with Crippen LogP contribution in [0.25, 0.3) is 0 Å². The smallest absolute Gasteiger partial charge is 0.229 e. The second-order valence-electron chi connectivity index (χ2n) is 6.07. The Morgan fingerprint density at radius 3 is 2.78 bits per heavy atom. The number of nitrogens with one attached hydrogen (secondary N) is 1. The fourth-order valence-corrected chi connectivity index (χ4v) is 2.95. The largest absolute Gasteiger partial charge is 0.340 e. The molecule has 2 aromatic rings. The number of hydrogen-bond donors (Lipinski definition) is 1. The van der Waals surface area contributed by atoms with Gasteiger partial charge in [0, 0.05) is 31.2 Å². The quantitative estimate of drug-likeness (QED) is 0.947. The minimum Gasteiger partial charge on any atom is -0.340 e. The van der Waals surface area contributed by atoms with Crippen molar-refractivity contribution >= 4 is 17.5 Å². The molecule has 2 heterocycles. The lowest BCUT2D eigenvalue weighted by Gasteiger charge is -2.32. The Morgan fingerprint density at radius 2 is 2.00 bits per heavy atom. The summed E-state index contributed by atoms with van der Waals surface area (Å²) in [5.41, 5.74) is 3.22. The van der Waals surface area contributed by atoms with E-state index in [2.05, 4.69) is 33.2 Å². The van der Waals surface area contributed by atoms with Crippen molar-refractivity contribution in [3.63, 3.8) is 0 Å². The first-order valence-corrected chi connectivity index (χ1v) is 8.04. The fourth-order valence-electron chi connectivity index (χ4n) is 2.95. The normalized spacial score (nSPS) is 17.8. The Labute approximate surface area is 136 Å². The molecule has 1 aromatic heterocycles. The molecule has 5 heteroatoms. The van der Waals surface area contributed by atoms with Crippen LogP contribution in [0.15, 0.2) is 36.7 Å². The van der Waals surface area contributed by atoms with Gasteiger partial charge in [0.2, 0.25) is 11.9 Å². The van der Waals surface area contributed by atoms with Gasteiger partial charge in [0.1, 0.15) is 0 Å². The Balaban J connectivity index is 1.69. The second-order valence-corrected chi connectivity index (χ2v) is 6.07. The maximum atomic E-state index is 12.6. The SMILES string of the molecule is Cc1cccc(NC(=O)C2CCCN(c3ncccn3)C2)c1C. The first-order valence-electron chi connectivity index (χ1n) is 8.04. The molecule has 5 nitrogen and oxygen atoms in total. The van der Waals surface area contributed by atoms with Crippen molar-refractivity contribution in [3.05, 3.63) is 47.8 Å². The molecule has 0 spiro atoms. The first kappa shape index (κ1) is 15.5. The van der Waals surface area contributed by atoms with Crippen molar-refractivity contribution in [1.82, 2.24) is 9.97 Å². The molecule has 0 aliphatic carbocycles. The number of piperidine rings is 1. The van der Waals surface area contributed by atoms with Crippen LogP contribution in [0.1, 0.15) is 24.0 Å². The molecule has 1 amide bonds. The molecule has 1 N–H and O–H groups in total. The maximum absolute atomic E-state index is 12.6. The van der Waals surface area contributed by atoms with Gasteiger partial charge in [-0.2, -0.15) is 0 Å². The highest BCUT2D eigenvalue weighted by atomic mass is 16.1. The third-order valence-corrected chi connectivity index (χ3v) is 4.49. The van der Waals surface area contributed by atoms with Crippen LogP contribution in [0.2, 0.25) is 0 Å². The molecule has 1 unspecified atom stereocenters. The van der Waals surface area contributed by atoms with E-state index >= 15 is 0 Å². The predicted molar refractivity (Wildman–Crippen MR) is 91.5 cm³/mol. The summed E-state index contributed by atoms with van der Waals surface area (Å²) < 4.78 is 0. The molecule has 0 radical (unpaired) electrons. The van der Waals surface area contributed by atoms with Crippen molar-refractivity contribution in [2.45, 2.75) is 26.7 Å². The molecule has 1 aromatic carbocycles. The van der Waals surface area contributed by atoms with Crippen molar-refractivity contribution in [2.24, 2.45) is 5.92 Å². The molecule has 3 rings (SSSR count). The molecule has 1 aliphatic heterocycles. The topological polar surface area (TPSA) is 58.1 Å². The summed E-state index contributed by atoms with van der Waals surface area (Å²) >= 11 is 0. The molecule has 120 valence electrons. The number of carbonyl (C=O) groups is 1. The monoisotopic (exact) mass is 310 g/mol. The third kappa shape index (κ3) is 3.50. The number of anilines is 2. The lowest BCUT2D eigenvalue weighted by Crippen LogP contribution is -2.41. The van der Waals surface area contributed by atoms with Gasteiger partial charge in [-0.3, -0.25) is 4.79 Å². The molecular formula is C18H22N4O. The van der Waals surface area contributed by atoms with Crippen molar-refractivity contribution in [1.29, 1.82) is 0 Å². The van der Waals surface area contributed by atoms with Crippen LogP contribution in [0, 0.1) is 19.8 Å². The van der Waals surface area contributed by atoms with Crippen LogP contribution in [0.4, 0.5) is 11.6 Å². The van der Waals surface area contributed by atoms with E-state index in [1.807, 2.05) is 19.1 Å². The highest BCUT2D eigenvalue weighted by Gasteiger charge is 2.27. The van der Waals surface area contributed by atoms with Gasteiger partial charge in [-0.1, -0.05) is 12.1 Å². The van der Waals surface area contributed by atoms with E-state index in [1.165, 1.54) is 5.56 Å². The summed E-state index contributed by atoms with van der Waals surface area (Å²) in [7, 11) is 0. The summed E-state index contributed by atoms with van der Waals surface area (Å²) in [5, 5.41) is 3.09. The average Bonchev–Trinajstić information content (AvgIpc) is 2.60. The van der Waals surface area contributed by atoms with Gasteiger partial charge < -0.3 is 10.2 Å². The molecule has 23 heavy (non-hydrogen) atoms. The molecule has 0 bridgehead atoms. The van der Waals surface area contributed by atoms with Crippen molar-refractivity contribution in [2.75, 3.05) is 23.3 Å². The zero-order chi connectivity index (χ0) is 16.2. The Bertz CT molecular complexity index is 687. The summed E-state index contributed by atoms with van der Waals surface area (Å²) in [6.45, 7) is 5.66. The van der Waals surface area contributed by atoms with E-state index in [0.29, 0.717) is 12.5 Å². The van der Waals surface area contributed by atoms with Crippen LogP contribution >= 0.6 is 0 Å². The maximum Gasteiger partial charge on any atom is 0.229 e. The lowest BCUT2D eigenvalue weighted by molar-refractivity contribution is -0.120. The molecule has 1 atom stereocenters. The van der Waals surface area contributed by atoms with Crippen molar-refractivity contribution in [3.8, 4) is 0 Å². The zero-order valence-corrected chi connectivity index (χ0v) is 13.6. The van der Waals surface area contributed by atoms with Gasteiger partial charge in [-0.25, -0.2) is 9.97 Å². The molecule has 1 fully saturated rings. The standard InChI is InChI=1S/C18H22N4O/c1-13-6-3-8-16(14(13)2)21-17(23)15-7-4-11-22(12-15)18-19-9-5-10-20-18/h3,5-6,8-10,15H,4,7,11-12H2,1-2H3,(H,21,23). The number of amides is 1.